The van der Waals surface area contributed by atoms with Crippen molar-refractivity contribution >= 4 is 11.6 Å². The molecule has 0 aromatic rings. The van der Waals surface area contributed by atoms with Crippen LogP contribution in [0.2, 0.25) is 0 Å². The van der Waals surface area contributed by atoms with Crippen molar-refractivity contribution in [2.75, 3.05) is 12.4 Å². The smallest absolute Gasteiger partial charge is 0.0266 e. The first kappa shape index (κ1) is 9.34. The fourth-order valence-corrected chi connectivity index (χ4v) is 2.29. The van der Waals surface area contributed by atoms with Crippen molar-refractivity contribution in [1.29, 1.82) is 0 Å². The van der Waals surface area contributed by atoms with E-state index in [9.17, 15) is 0 Å². The van der Waals surface area contributed by atoms with Gasteiger partial charge in [0.2, 0.25) is 0 Å². The van der Waals surface area contributed by atoms with Gasteiger partial charge in [-0.15, -0.1) is 11.6 Å². The largest absolute Gasteiger partial charge is 0.314 e. The van der Waals surface area contributed by atoms with E-state index in [-0.39, 0.29) is 0 Å². The Morgan fingerprint density at radius 1 is 1.36 bits per heavy atom. The summed E-state index contributed by atoms with van der Waals surface area (Å²) in [6.45, 7) is 3.25. The molecule has 0 heterocycles. The van der Waals surface area contributed by atoms with E-state index < -0.39 is 0 Å². The Bertz CT molecular complexity index is 104. The first-order valence-electron chi connectivity index (χ1n) is 4.67. The molecule has 1 aliphatic carbocycles. The number of rotatable bonds is 3. The van der Waals surface area contributed by atoms with E-state index in [1.807, 2.05) is 0 Å². The first-order chi connectivity index (χ1) is 5.38. The SMILES string of the molecule is CCNC1CCCCC1CCl. The molecule has 1 fully saturated rings. The Balaban J connectivity index is 2.31. The van der Waals surface area contributed by atoms with Crippen LogP contribution in [-0.4, -0.2) is 18.5 Å². The molecule has 2 atom stereocenters. The minimum absolute atomic E-state index is 0.700. The maximum atomic E-state index is 5.87. The van der Waals surface area contributed by atoms with Crippen LogP contribution in [0.4, 0.5) is 0 Å². The van der Waals surface area contributed by atoms with Gasteiger partial charge in [-0.05, 0) is 25.3 Å². The van der Waals surface area contributed by atoms with Gasteiger partial charge in [-0.25, -0.2) is 0 Å². The van der Waals surface area contributed by atoms with Crippen LogP contribution in [0.1, 0.15) is 32.6 Å². The molecular weight excluding hydrogens is 158 g/mol. The van der Waals surface area contributed by atoms with Crippen LogP contribution in [0.15, 0.2) is 0 Å². The molecular formula is C9H18ClN. The molecule has 0 spiro atoms. The Morgan fingerprint density at radius 3 is 2.73 bits per heavy atom. The monoisotopic (exact) mass is 175 g/mol. The summed E-state index contributed by atoms with van der Waals surface area (Å²) < 4.78 is 0. The summed E-state index contributed by atoms with van der Waals surface area (Å²) in [5, 5.41) is 3.50. The Kier molecular flexibility index (Phi) is 4.24. The van der Waals surface area contributed by atoms with Gasteiger partial charge >= 0.3 is 0 Å². The number of nitrogens with one attached hydrogen (secondary N) is 1. The van der Waals surface area contributed by atoms with E-state index in [1.165, 1.54) is 25.7 Å². The van der Waals surface area contributed by atoms with E-state index in [1.54, 1.807) is 0 Å². The minimum atomic E-state index is 0.700. The highest BCUT2D eigenvalue weighted by atomic mass is 35.5. The van der Waals surface area contributed by atoms with Crippen molar-refractivity contribution in [3.8, 4) is 0 Å². The predicted molar refractivity (Wildman–Crippen MR) is 50.1 cm³/mol. The maximum absolute atomic E-state index is 5.87. The predicted octanol–water partition coefficient (Wildman–Crippen LogP) is 2.39. The lowest BCUT2D eigenvalue weighted by atomic mass is 9.86. The molecule has 2 unspecified atom stereocenters. The van der Waals surface area contributed by atoms with Gasteiger partial charge in [-0.1, -0.05) is 19.8 Å². The van der Waals surface area contributed by atoms with Gasteiger partial charge in [0, 0.05) is 11.9 Å². The lowest BCUT2D eigenvalue weighted by Gasteiger charge is -2.30. The second-order valence-electron chi connectivity index (χ2n) is 3.36. The van der Waals surface area contributed by atoms with Crippen LogP contribution in [0, 0.1) is 5.92 Å². The standard InChI is InChI=1S/C9H18ClN/c1-2-11-9-6-4-3-5-8(9)7-10/h8-9,11H,2-7H2,1H3. The molecule has 1 N–H and O–H groups in total. The van der Waals surface area contributed by atoms with Crippen molar-refractivity contribution in [3.63, 3.8) is 0 Å². The number of hydrogen-bond donors (Lipinski definition) is 1. The highest BCUT2D eigenvalue weighted by Gasteiger charge is 2.22. The van der Waals surface area contributed by atoms with Gasteiger partial charge in [0.25, 0.3) is 0 Å². The summed E-state index contributed by atoms with van der Waals surface area (Å²) in [4.78, 5) is 0. The summed E-state index contributed by atoms with van der Waals surface area (Å²) in [7, 11) is 0. The highest BCUT2D eigenvalue weighted by Crippen LogP contribution is 2.25. The zero-order chi connectivity index (χ0) is 8.10. The van der Waals surface area contributed by atoms with Crippen molar-refractivity contribution in [3.05, 3.63) is 0 Å². The van der Waals surface area contributed by atoms with Gasteiger partial charge in [0.1, 0.15) is 0 Å². The summed E-state index contributed by atoms with van der Waals surface area (Å²) in [6.07, 6.45) is 5.40. The molecule has 1 rings (SSSR count). The third-order valence-electron chi connectivity index (χ3n) is 2.57. The molecule has 0 bridgehead atoms. The average molecular weight is 176 g/mol. The molecule has 2 heteroatoms. The van der Waals surface area contributed by atoms with Gasteiger partial charge in [-0.3, -0.25) is 0 Å². The molecule has 0 radical (unpaired) electrons. The maximum Gasteiger partial charge on any atom is 0.0266 e. The highest BCUT2D eigenvalue weighted by molar-refractivity contribution is 6.18. The number of hydrogen-bond acceptors (Lipinski definition) is 1. The molecule has 1 saturated carbocycles. The van der Waals surface area contributed by atoms with Crippen LogP contribution in [-0.2, 0) is 0 Å². The van der Waals surface area contributed by atoms with E-state index in [0.717, 1.165) is 18.3 Å². The lowest BCUT2D eigenvalue weighted by molar-refractivity contribution is 0.288. The molecule has 1 nitrogen and oxygen atoms in total. The number of halogens is 1. The van der Waals surface area contributed by atoms with Gasteiger partial charge in [0.05, 0.1) is 0 Å². The quantitative estimate of drug-likeness (QED) is 0.650. The summed E-state index contributed by atoms with van der Waals surface area (Å²) in [5.41, 5.74) is 0. The Morgan fingerprint density at radius 2 is 2.09 bits per heavy atom. The Hall–Kier alpha value is 0.250. The van der Waals surface area contributed by atoms with Crippen LogP contribution in [0.25, 0.3) is 0 Å². The van der Waals surface area contributed by atoms with Gasteiger partial charge < -0.3 is 5.32 Å². The zero-order valence-electron chi connectivity index (χ0n) is 7.28. The fourth-order valence-electron chi connectivity index (χ4n) is 1.92. The minimum Gasteiger partial charge on any atom is -0.314 e. The summed E-state index contributed by atoms with van der Waals surface area (Å²) in [6, 6.07) is 0.700. The molecule has 66 valence electrons. The third kappa shape index (κ3) is 2.64. The van der Waals surface area contributed by atoms with Crippen molar-refractivity contribution < 1.29 is 0 Å². The second-order valence-corrected chi connectivity index (χ2v) is 3.67. The lowest BCUT2D eigenvalue weighted by Crippen LogP contribution is -2.39. The normalized spacial score (nSPS) is 32.2. The molecule has 0 aromatic heterocycles. The fraction of sp³-hybridized carbons (Fsp3) is 1.00. The van der Waals surface area contributed by atoms with E-state index >= 15 is 0 Å². The molecule has 0 aromatic carbocycles. The molecule has 0 aliphatic heterocycles. The van der Waals surface area contributed by atoms with Crippen LogP contribution < -0.4 is 5.32 Å². The van der Waals surface area contributed by atoms with Crippen LogP contribution >= 0.6 is 11.6 Å². The molecule has 11 heavy (non-hydrogen) atoms. The molecule has 0 amide bonds. The zero-order valence-corrected chi connectivity index (χ0v) is 8.03. The van der Waals surface area contributed by atoms with E-state index in [2.05, 4.69) is 12.2 Å². The first-order valence-corrected chi connectivity index (χ1v) is 5.21. The number of alkyl halides is 1. The van der Waals surface area contributed by atoms with Crippen molar-refractivity contribution in [2.24, 2.45) is 5.92 Å². The van der Waals surface area contributed by atoms with Gasteiger partial charge in [-0.2, -0.15) is 0 Å². The average Bonchev–Trinajstić information content (AvgIpc) is 2.06. The summed E-state index contributed by atoms with van der Waals surface area (Å²) in [5.74, 6) is 1.56. The van der Waals surface area contributed by atoms with Crippen molar-refractivity contribution in [2.45, 2.75) is 38.6 Å². The van der Waals surface area contributed by atoms with Crippen LogP contribution in [0.3, 0.4) is 0 Å². The molecule has 1 aliphatic rings. The molecule has 0 saturated heterocycles. The van der Waals surface area contributed by atoms with E-state index in [0.29, 0.717) is 6.04 Å². The van der Waals surface area contributed by atoms with E-state index in [4.69, 9.17) is 11.6 Å². The Labute approximate surface area is 74.5 Å². The second kappa shape index (κ2) is 5.00. The van der Waals surface area contributed by atoms with Crippen LogP contribution in [0.5, 0.6) is 0 Å². The third-order valence-corrected chi connectivity index (χ3v) is 2.97. The topological polar surface area (TPSA) is 12.0 Å². The van der Waals surface area contributed by atoms with Gasteiger partial charge in [0.15, 0.2) is 0 Å². The van der Waals surface area contributed by atoms with Crippen molar-refractivity contribution in [1.82, 2.24) is 5.32 Å². The summed E-state index contributed by atoms with van der Waals surface area (Å²) >= 11 is 5.87.